The molecule has 1 unspecified atom stereocenters. The molecule has 1 saturated heterocycles. The van der Waals surface area contributed by atoms with E-state index in [9.17, 15) is 38.2 Å². The number of ether oxygens (including phenoxy) is 1. The minimum atomic E-state index is -6.02. The number of aliphatic hydroxyl groups is 2. The van der Waals surface area contributed by atoms with Crippen LogP contribution in [0.1, 0.15) is 8.97 Å². The topological polar surface area (TPSA) is 218 Å². The van der Waals surface area contributed by atoms with Crippen LogP contribution in [0.4, 0.5) is 8.78 Å². The first-order chi connectivity index (χ1) is 12.9. The van der Waals surface area contributed by atoms with Crippen LogP contribution in [0.5, 0.6) is 0 Å². The first-order valence-corrected chi connectivity index (χ1v) is 9.47. The maximum absolute atomic E-state index is 15.0. The number of alkyl halides is 1. The Morgan fingerprint density at radius 2 is 1.96 bits per heavy atom. The second-order valence-corrected chi connectivity index (χ2v) is 7.72. The normalized spacial score (nSPS) is 32.6. The summed E-state index contributed by atoms with van der Waals surface area (Å²) in [6.07, 6.45) is -7.73. The Labute approximate surface area is 149 Å². The van der Waals surface area contributed by atoms with E-state index in [-0.39, 0.29) is 10.8 Å². The van der Waals surface area contributed by atoms with Crippen molar-refractivity contribution in [2.24, 2.45) is 0 Å². The van der Waals surface area contributed by atoms with Gasteiger partial charge in [0.15, 0.2) is 6.23 Å². The number of hydrogen-bond donors (Lipinski definition) is 6. The fourth-order valence-corrected chi connectivity index (χ4v) is 3.37. The van der Waals surface area contributed by atoms with Gasteiger partial charge in [0.05, 0.1) is 8.94 Å². The van der Waals surface area contributed by atoms with Gasteiger partial charge in [-0.05, 0) is 0 Å². The van der Waals surface area contributed by atoms with E-state index in [1.807, 2.05) is 0 Å². The lowest BCUT2D eigenvalue weighted by Gasteiger charge is -2.23. The Hall–Kier alpha value is -1.32. The zero-order valence-electron chi connectivity index (χ0n) is 14.5. The Morgan fingerprint density at radius 3 is 2.52 bits per heavy atom. The molecule has 0 saturated carbocycles. The number of halogens is 2. The molecule has 0 aliphatic carbocycles. The van der Waals surface area contributed by atoms with Crippen molar-refractivity contribution in [1.82, 2.24) is 9.55 Å². The zero-order valence-corrected chi connectivity index (χ0v) is 14.3. The summed E-state index contributed by atoms with van der Waals surface area (Å²) in [7, 11) is -11.8. The maximum atomic E-state index is 15.0. The van der Waals surface area contributed by atoms with E-state index in [1.165, 1.54) is 4.98 Å². The largest absolute Gasteiger partial charge is 0.481 e. The van der Waals surface area contributed by atoms with Gasteiger partial charge in [0.2, 0.25) is 5.82 Å². The highest BCUT2D eigenvalue weighted by Crippen LogP contribution is 2.58. The second-order valence-electron chi connectivity index (χ2n) is 4.97. The zero-order chi connectivity index (χ0) is 22.6. The number of nitrogens with zero attached hydrogens (tertiary/aromatic N) is 1. The van der Waals surface area contributed by atoms with Crippen LogP contribution in [0.2, 0.25) is 0 Å². The van der Waals surface area contributed by atoms with Gasteiger partial charge >= 0.3 is 21.3 Å². The Kier molecular flexibility index (Phi) is 5.11. The third-order valence-electron chi connectivity index (χ3n) is 3.00. The Balaban J connectivity index is 2.42. The van der Waals surface area contributed by atoms with E-state index in [1.54, 1.807) is 0 Å². The molecule has 5 atom stereocenters. The van der Waals surface area contributed by atoms with E-state index < -0.39 is 63.6 Å². The quantitative estimate of drug-likeness (QED) is 0.259. The smallest absolute Gasteiger partial charge is 0.385 e. The molecule has 0 bridgehead atoms. The Morgan fingerprint density at radius 1 is 1.37 bits per heavy atom. The molecule has 6 N–H and O–H groups in total. The number of H-pyrrole nitrogens is 1. The lowest BCUT2D eigenvalue weighted by Crippen LogP contribution is -2.43. The SMILES string of the molecule is [2H]C([2H])(OP(=O)(O)OP(=O)(O)O)[C@@]1(F)O[C@@H](n2cc(F)c(=O)[nH]c2=O)[C@H](O)[C@@H]1O. The summed E-state index contributed by atoms with van der Waals surface area (Å²) >= 11 is 0. The molecule has 18 heteroatoms. The van der Waals surface area contributed by atoms with Crippen molar-refractivity contribution in [2.45, 2.75) is 24.3 Å². The summed E-state index contributed by atoms with van der Waals surface area (Å²) in [5, 5.41) is 19.7. The van der Waals surface area contributed by atoms with Crippen LogP contribution < -0.4 is 11.2 Å². The van der Waals surface area contributed by atoms with Gasteiger partial charge in [0.1, 0.15) is 18.8 Å². The van der Waals surface area contributed by atoms with Crippen molar-refractivity contribution in [2.75, 3.05) is 6.56 Å². The van der Waals surface area contributed by atoms with Crippen molar-refractivity contribution in [1.29, 1.82) is 0 Å². The number of rotatable bonds is 6. The average molecular weight is 442 g/mol. The summed E-state index contributed by atoms with van der Waals surface area (Å²) in [4.78, 5) is 50.3. The second kappa shape index (κ2) is 7.25. The summed E-state index contributed by atoms with van der Waals surface area (Å²) in [5.74, 6) is -5.87. The van der Waals surface area contributed by atoms with Crippen molar-refractivity contribution >= 4 is 15.6 Å². The number of aromatic amines is 1. The third kappa shape index (κ3) is 4.94. The highest BCUT2D eigenvalue weighted by Gasteiger charge is 2.57. The van der Waals surface area contributed by atoms with Crippen LogP contribution >= 0.6 is 15.6 Å². The number of phosphoric acid groups is 2. The van der Waals surface area contributed by atoms with Crippen LogP contribution in [0, 0.1) is 5.82 Å². The van der Waals surface area contributed by atoms with Crippen molar-refractivity contribution < 1.29 is 59.1 Å². The van der Waals surface area contributed by atoms with Gasteiger partial charge in [-0.3, -0.25) is 18.9 Å². The van der Waals surface area contributed by atoms with Crippen LogP contribution in [0.25, 0.3) is 0 Å². The monoisotopic (exact) mass is 442 g/mol. The van der Waals surface area contributed by atoms with Gasteiger partial charge in [-0.1, -0.05) is 0 Å². The molecule has 1 aromatic rings. The summed E-state index contributed by atoms with van der Waals surface area (Å²) < 4.78 is 76.7. The maximum Gasteiger partial charge on any atom is 0.481 e. The minimum absolute atomic E-state index is 0.0344. The van der Waals surface area contributed by atoms with Gasteiger partial charge in [-0.25, -0.2) is 18.3 Å². The summed E-state index contributed by atoms with van der Waals surface area (Å²) in [6, 6.07) is 0. The van der Waals surface area contributed by atoms with E-state index in [0.717, 1.165) is 0 Å². The van der Waals surface area contributed by atoms with Gasteiger partial charge < -0.3 is 29.6 Å². The fourth-order valence-electron chi connectivity index (χ4n) is 1.92. The molecule has 2 heterocycles. The van der Waals surface area contributed by atoms with E-state index in [0.29, 0.717) is 0 Å². The van der Waals surface area contributed by atoms with Gasteiger partial charge in [0, 0.05) is 0 Å². The molecule has 0 amide bonds. The van der Waals surface area contributed by atoms with E-state index in [4.69, 9.17) is 12.5 Å². The molecule has 1 fully saturated rings. The summed E-state index contributed by atoms with van der Waals surface area (Å²) in [6.45, 7) is -4.24. The molecular formula is C9H12F2N2O12P2. The third-order valence-corrected chi connectivity index (χ3v) is 4.99. The molecule has 1 aliphatic heterocycles. The predicted octanol–water partition coefficient (Wildman–Crippen LogP) is -2.18. The highest BCUT2D eigenvalue weighted by molar-refractivity contribution is 7.60. The molecule has 2 rings (SSSR count). The Bertz CT molecular complexity index is 1010. The summed E-state index contributed by atoms with van der Waals surface area (Å²) in [5.41, 5.74) is -2.98. The molecule has 1 aromatic heterocycles. The van der Waals surface area contributed by atoms with Crippen LogP contribution in [-0.4, -0.2) is 59.1 Å². The lowest BCUT2D eigenvalue weighted by atomic mass is 10.1. The molecular weight excluding hydrogens is 428 g/mol. The lowest BCUT2D eigenvalue weighted by molar-refractivity contribution is -0.205. The van der Waals surface area contributed by atoms with Crippen LogP contribution in [-0.2, 0) is 22.7 Å². The number of nitrogens with one attached hydrogen (secondary N) is 1. The number of hydrogen-bond acceptors (Lipinski definition) is 9. The van der Waals surface area contributed by atoms with Gasteiger partial charge in [-0.2, -0.15) is 8.70 Å². The molecule has 27 heavy (non-hydrogen) atoms. The van der Waals surface area contributed by atoms with Crippen molar-refractivity contribution in [3.63, 3.8) is 0 Å². The number of aliphatic hydroxyl groups excluding tert-OH is 2. The molecule has 14 nitrogen and oxygen atoms in total. The first kappa shape index (κ1) is 19.0. The van der Waals surface area contributed by atoms with Gasteiger partial charge in [-0.15, -0.1) is 0 Å². The van der Waals surface area contributed by atoms with Crippen molar-refractivity contribution in [3.05, 3.63) is 32.9 Å². The average Bonchev–Trinajstić information content (AvgIpc) is 2.73. The molecule has 0 aromatic carbocycles. The van der Waals surface area contributed by atoms with Crippen LogP contribution in [0.3, 0.4) is 0 Å². The standard InChI is InChI=1S/C9H12F2N2O12P2/c10-3-1-13(8(17)12-6(3)16)7-4(14)5(15)9(11,24-7)2-23-27(21,22)25-26(18,19)20/h1,4-5,7,14-15H,2H2,(H,21,22)(H,12,16,17)(H2,18,19,20)/t4-,5+,7-,9-/m1/s1/i2D2. The molecule has 1 aliphatic rings. The first-order valence-electron chi connectivity index (χ1n) is 7.44. The minimum Gasteiger partial charge on any atom is -0.385 e. The molecule has 0 radical (unpaired) electrons. The van der Waals surface area contributed by atoms with E-state index in [2.05, 4.69) is 13.6 Å². The molecule has 154 valence electrons. The van der Waals surface area contributed by atoms with Gasteiger partial charge in [0.25, 0.3) is 11.4 Å². The molecule has 0 spiro atoms. The predicted molar refractivity (Wildman–Crippen MR) is 76.2 cm³/mol. The number of phosphoric ester groups is 1. The number of aromatic nitrogens is 2. The van der Waals surface area contributed by atoms with Crippen molar-refractivity contribution in [3.8, 4) is 0 Å². The van der Waals surface area contributed by atoms with Crippen LogP contribution in [0.15, 0.2) is 15.8 Å². The van der Waals surface area contributed by atoms with E-state index >= 15 is 4.39 Å². The fraction of sp³-hybridized carbons (Fsp3) is 0.556. The highest BCUT2D eigenvalue weighted by atomic mass is 31.3.